The molecule has 70 valence electrons. The van der Waals surface area contributed by atoms with Crippen LogP contribution in [0.15, 0.2) is 0 Å². The van der Waals surface area contributed by atoms with Crippen LogP contribution in [-0.4, -0.2) is 26.0 Å². The first-order chi connectivity index (χ1) is 6.00. The number of rotatable bonds is 3. The fourth-order valence-electron chi connectivity index (χ4n) is 0.874. The standard InChI is InChI=1S/C6H7N3O4/c1-3-4(2-9(12)13)8-5(7-3)6(10)11/h2H2,1H3,(H,7,8)(H,10,11). The highest BCUT2D eigenvalue weighted by atomic mass is 16.6. The molecule has 0 saturated carbocycles. The van der Waals surface area contributed by atoms with Gasteiger partial charge in [0.2, 0.25) is 12.4 Å². The average molecular weight is 185 g/mol. The van der Waals surface area contributed by atoms with E-state index in [1.54, 1.807) is 0 Å². The van der Waals surface area contributed by atoms with Crippen LogP contribution in [0.5, 0.6) is 0 Å². The maximum Gasteiger partial charge on any atom is 0.371 e. The minimum Gasteiger partial charge on any atom is -0.475 e. The van der Waals surface area contributed by atoms with E-state index >= 15 is 0 Å². The van der Waals surface area contributed by atoms with Gasteiger partial charge in [-0.05, 0) is 6.92 Å². The first-order valence-electron chi connectivity index (χ1n) is 3.41. The van der Waals surface area contributed by atoms with Crippen LogP contribution in [-0.2, 0) is 6.54 Å². The molecule has 1 aromatic heterocycles. The molecule has 0 amide bonds. The zero-order valence-corrected chi connectivity index (χ0v) is 6.77. The lowest BCUT2D eigenvalue weighted by molar-refractivity contribution is -0.497. The Kier molecular flexibility index (Phi) is 2.27. The Morgan fingerprint density at radius 2 is 2.38 bits per heavy atom. The van der Waals surface area contributed by atoms with Crippen LogP contribution in [0.2, 0.25) is 0 Å². The van der Waals surface area contributed by atoms with Gasteiger partial charge in [-0.15, -0.1) is 0 Å². The lowest BCUT2D eigenvalue weighted by Gasteiger charge is -1.88. The number of carbonyl (C=O) groups is 1. The lowest BCUT2D eigenvalue weighted by atomic mass is 10.3. The number of nitrogens with zero attached hydrogens (tertiary/aromatic N) is 2. The van der Waals surface area contributed by atoms with Gasteiger partial charge in [0.15, 0.2) is 0 Å². The Hall–Kier alpha value is -1.92. The summed E-state index contributed by atoms with van der Waals surface area (Å²) in [5.74, 6) is -1.49. The van der Waals surface area contributed by atoms with Crippen molar-refractivity contribution in [1.29, 1.82) is 0 Å². The predicted octanol–water partition coefficient (Wildman–Crippen LogP) is 0.193. The van der Waals surface area contributed by atoms with Gasteiger partial charge in [-0.1, -0.05) is 0 Å². The Morgan fingerprint density at radius 3 is 2.77 bits per heavy atom. The molecule has 1 rings (SSSR count). The monoisotopic (exact) mass is 185 g/mol. The van der Waals surface area contributed by atoms with Crippen molar-refractivity contribution in [3.05, 3.63) is 27.3 Å². The first kappa shape index (κ1) is 9.17. The highest BCUT2D eigenvalue weighted by Crippen LogP contribution is 2.05. The summed E-state index contributed by atoms with van der Waals surface area (Å²) in [5.41, 5.74) is 0.566. The molecule has 1 aromatic rings. The van der Waals surface area contributed by atoms with Gasteiger partial charge >= 0.3 is 5.97 Å². The fourth-order valence-corrected chi connectivity index (χ4v) is 0.874. The molecule has 0 radical (unpaired) electrons. The van der Waals surface area contributed by atoms with Gasteiger partial charge in [0.25, 0.3) is 0 Å². The molecule has 2 N–H and O–H groups in total. The Balaban J connectivity index is 2.96. The number of aromatic nitrogens is 2. The van der Waals surface area contributed by atoms with Crippen LogP contribution >= 0.6 is 0 Å². The van der Waals surface area contributed by atoms with Gasteiger partial charge in [0.05, 0.1) is 0 Å². The van der Waals surface area contributed by atoms with Gasteiger partial charge in [-0.3, -0.25) is 10.1 Å². The molecule has 0 saturated heterocycles. The molecule has 7 nitrogen and oxygen atoms in total. The van der Waals surface area contributed by atoms with Crippen LogP contribution in [0.3, 0.4) is 0 Å². The summed E-state index contributed by atoms with van der Waals surface area (Å²) in [4.78, 5) is 25.9. The van der Waals surface area contributed by atoms with E-state index in [1.165, 1.54) is 6.92 Å². The number of carboxylic acids is 1. The molecule has 0 aromatic carbocycles. The van der Waals surface area contributed by atoms with Crippen LogP contribution in [0, 0.1) is 17.0 Å². The van der Waals surface area contributed by atoms with Gasteiger partial charge in [0, 0.05) is 10.6 Å². The van der Waals surface area contributed by atoms with E-state index in [4.69, 9.17) is 5.11 Å². The Morgan fingerprint density at radius 1 is 1.77 bits per heavy atom. The van der Waals surface area contributed by atoms with E-state index in [9.17, 15) is 14.9 Å². The molecule has 0 bridgehead atoms. The number of aromatic carboxylic acids is 1. The minimum absolute atomic E-state index is 0.155. The van der Waals surface area contributed by atoms with Crippen LogP contribution in [0.25, 0.3) is 0 Å². The SMILES string of the molecule is Cc1[nH]c(C(=O)O)nc1C[N+](=O)[O-]. The maximum atomic E-state index is 10.4. The number of imidazole rings is 1. The molecule has 0 fully saturated rings. The molecule has 1 heterocycles. The third-order valence-electron chi connectivity index (χ3n) is 1.47. The number of carboxylic acid groups (broad SMARTS) is 1. The third-order valence-corrected chi connectivity index (χ3v) is 1.47. The zero-order valence-electron chi connectivity index (χ0n) is 6.77. The Bertz CT molecular complexity index is 357. The molecule has 0 spiro atoms. The molecular weight excluding hydrogens is 178 g/mol. The van der Waals surface area contributed by atoms with Gasteiger partial charge in [-0.25, -0.2) is 9.78 Å². The Labute approximate surface area is 72.6 Å². The van der Waals surface area contributed by atoms with Crippen molar-refractivity contribution in [2.75, 3.05) is 0 Å². The van der Waals surface area contributed by atoms with Gasteiger partial charge in [0.1, 0.15) is 5.69 Å². The predicted molar refractivity (Wildman–Crippen MR) is 41.0 cm³/mol. The molecule has 0 aliphatic carbocycles. The van der Waals surface area contributed by atoms with Gasteiger partial charge in [-0.2, -0.15) is 0 Å². The second kappa shape index (κ2) is 3.21. The summed E-state index contributed by atoms with van der Waals surface area (Å²) in [6.45, 7) is 1.08. The number of H-pyrrole nitrogens is 1. The second-order valence-electron chi connectivity index (χ2n) is 2.45. The number of nitrogens with one attached hydrogen (secondary N) is 1. The topological polar surface area (TPSA) is 109 Å². The van der Waals surface area contributed by atoms with Crippen molar-refractivity contribution in [3.8, 4) is 0 Å². The lowest BCUT2D eigenvalue weighted by Crippen LogP contribution is -2.01. The van der Waals surface area contributed by atoms with Crippen LogP contribution in [0.1, 0.15) is 22.0 Å². The minimum atomic E-state index is -1.22. The molecule has 0 atom stereocenters. The molecule has 0 unspecified atom stereocenters. The molecule has 7 heteroatoms. The summed E-state index contributed by atoms with van der Waals surface area (Å²) in [6.07, 6.45) is 0. The van der Waals surface area contributed by atoms with Crippen molar-refractivity contribution >= 4 is 5.97 Å². The molecule has 0 aliphatic rings. The highest BCUT2D eigenvalue weighted by molar-refractivity contribution is 5.83. The summed E-state index contributed by atoms with van der Waals surface area (Å²) >= 11 is 0. The zero-order chi connectivity index (χ0) is 10.0. The molecular formula is C6H7N3O4. The molecule has 0 aliphatic heterocycles. The highest BCUT2D eigenvalue weighted by Gasteiger charge is 2.15. The van der Waals surface area contributed by atoms with E-state index in [0.29, 0.717) is 5.69 Å². The number of hydrogen-bond donors (Lipinski definition) is 2. The van der Waals surface area contributed by atoms with E-state index < -0.39 is 17.4 Å². The van der Waals surface area contributed by atoms with E-state index in [-0.39, 0.29) is 11.5 Å². The summed E-state index contributed by atoms with van der Waals surface area (Å²) in [5, 5.41) is 18.6. The second-order valence-corrected chi connectivity index (χ2v) is 2.45. The van der Waals surface area contributed by atoms with E-state index in [2.05, 4.69) is 9.97 Å². The number of aromatic amines is 1. The van der Waals surface area contributed by atoms with Crippen LogP contribution < -0.4 is 0 Å². The van der Waals surface area contributed by atoms with E-state index in [1.807, 2.05) is 0 Å². The normalized spacial score (nSPS) is 9.92. The fraction of sp³-hybridized carbons (Fsp3) is 0.333. The van der Waals surface area contributed by atoms with Gasteiger partial charge < -0.3 is 10.1 Å². The first-order valence-corrected chi connectivity index (χ1v) is 3.41. The van der Waals surface area contributed by atoms with E-state index in [0.717, 1.165) is 0 Å². The average Bonchev–Trinajstić information content (AvgIpc) is 2.31. The summed E-state index contributed by atoms with van der Waals surface area (Å²) in [7, 11) is 0. The van der Waals surface area contributed by atoms with Crippen molar-refractivity contribution in [1.82, 2.24) is 9.97 Å². The maximum absolute atomic E-state index is 10.4. The van der Waals surface area contributed by atoms with Crippen molar-refractivity contribution in [3.63, 3.8) is 0 Å². The van der Waals surface area contributed by atoms with Crippen molar-refractivity contribution < 1.29 is 14.8 Å². The number of aryl methyl sites for hydroxylation is 1. The quantitative estimate of drug-likeness (QED) is 0.516. The van der Waals surface area contributed by atoms with Crippen molar-refractivity contribution in [2.45, 2.75) is 13.5 Å². The van der Waals surface area contributed by atoms with Crippen LogP contribution in [0.4, 0.5) is 0 Å². The summed E-state index contributed by atoms with van der Waals surface area (Å²) < 4.78 is 0. The largest absolute Gasteiger partial charge is 0.475 e. The number of hydrogen-bond acceptors (Lipinski definition) is 4. The van der Waals surface area contributed by atoms with Crippen molar-refractivity contribution in [2.24, 2.45) is 0 Å². The third kappa shape index (κ3) is 2.01. The molecule has 13 heavy (non-hydrogen) atoms. The number of nitro groups is 1. The summed E-state index contributed by atoms with van der Waals surface area (Å²) in [6, 6.07) is 0. The smallest absolute Gasteiger partial charge is 0.371 e.